The van der Waals surface area contributed by atoms with Crippen LogP contribution in [0, 0.1) is 0 Å². The van der Waals surface area contributed by atoms with E-state index in [9.17, 15) is 21.6 Å². The van der Waals surface area contributed by atoms with Gasteiger partial charge in [-0.05, 0) is 12.5 Å². The van der Waals surface area contributed by atoms with E-state index in [1.54, 1.807) is 0 Å². The summed E-state index contributed by atoms with van der Waals surface area (Å²) >= 11 is 5.23. The van der Waals surface area contributed by atoms with E-state index >= 15 is 0 Å². The van der Waals surface area contributed by atoms with E-state index in [1.807, 2.05) is 0 Å². The topological polar surface area (TPSA) is 43.4 Å². The van der Waals surface area contributed by atoms with Gasteiger partial charge in [-0.3, -0.25) is 0 Å². The van der Waals surface area contributed by atoms with Gasteiger partial charge in [0.15, 0.2) is 0 Å². The summed E-state index contributed by atoms with van der Waals surface area (Å²) < 4.78 is 60.1. The van der Waals surface area contributed by atoms with E-state index in [1.165, 1.54) is 12.5 Å². The Kier molecular flexibility index (Phi) is 3.94. The molecule has 0 heterocycles. The van der Waals surface area contributed by atoms with Crippen LogP contribution >= 0.6 is 21.9 Å². The van der Waals surface area contributed by atoms with E-state index < -0.39 is 25.9 Å². The van der Waals surface area contributed by atoms with Crippen molar-refractivity contribution >= 4 is 32.0 Å². The molecule has 0 bridgehead atoms. The van der Waals surface area contributed by atoms with Crippen molar-refractivity contribution in [1.82, 2.24) is 0 Å². The molecule has 0 aliphatic carbocycles. The maximum Gasteiger partial charge on any atom is 0.523 e. The maximum absolute atomic E-state index is 11.8. The number of alkyl halides is 4. The molecule has 3 nitrogen and oxygen atoms in total. The van der Waals surface area contributed by atoms with E-state index in [4.69, 9.17) is 11.6 Å². The highest BCUT2D eigenvalue weighted by atomic mass is 35.5. The minimum absolute atomic E-state index is 0.275. The predicted molar refractivity (Wildman–Crippen MR) is 46.2 cm³/mol. The number of halogens is 4. The van der Waals surface area contributed by atoms with Crippen molar-refractivity contribution in [2.24, 2.45) is 0 Å². The van der Waals surface area contributed by atoms with Gasteiger partial charge >= 0.3 is 15.6 Å². The van der Waals surface area contributed by atoms with E-state index in [-0.39, 0.29) is 5.21 Å². The lowest BCUT2D eigenvalue weighted by molar-refractivity contribution is -0.0495. The molecule has 0 aromatic carbocycles. The molecule has 0 atom stereocenters. The third-order valence-corrected chi connectivity index (χ3v) is 5.68. The van der Waals surface area contributed by atoms with Crippen LogP contribution in [0.5, 0.6) is 0 Å². The maximum atomic E-state index is 11.8. The highest BCUT2D eigenvalue weighted by Crippen LogP contribution is 2.46. The first-order chi connectivity index (χ1) is 5.52. The predicted octanol–water partition coefficient (Wildman–Crippen LogP) is 2.03. The molecule has 13 heavy (non-hydrogen) atoms. The highest BCUT2D eigenvalue weighted by molar-refractivity contribution is 8.32. The van der Waals surface area contributed by atoms with Gasteiger partial charge in [0.2, 0.25) is 0 Å². The van der Waals surface area contributed by atoms with Crippen LogP contribution in [0.1, 0.15) is 0 Å². The monoisotopic (exact) mass is 260 g/mol. The van der Waals surface area contributed by atoms with E-state index in [0.717, 1.165) is 0 Å². The van der Waals surface area contributed by atoms with Crippen LogP contribution in [-0.2, 0) is 13.7 Å². The molecule has 0 aromatic heterocycles. The van der Waals surface area contributed by atoms with Gasteiger partial charge in [-0.1, -0.05) is 0 Å². The number of rotatable bonds is 3. The van der Waals surface area contributed by atoms with Gasteiger partial charge < -0.3 is 0 Å². The summed E-state index contributed by atoms with van der Waals surface area (Å²) in [7, 11) is -7.92. The van der Waals surface area contributed by atoms with Crippen molar-refractivity contribution in [3.8, 4) is 0 Å². The zero-order chi connectivity index (χ0) is 10.9. The Balaban J connectivity index is 4.74. The molecular formula is C4H8ClF3O3S2. The zero-order valence-electron chi connectivity index (χ0n) is 6.76. The number of hydrogen-bond donors (Lipinski definition) is 0. The lowest BCUT2D eigenvalue weighted by atomic mass is 11.6. The average Bonchev–Trinajstić information content (AvgIpc) is 1.83. The molecule has 0 aliphatic rings. The molecule has 0 spiro atoms. The minimum atomic E-state index is -5.51. The Labute approximate surface area is 80.9 Å². The van der Waals surface area contributed by atoms with Gasteiger partial charge in [0.1, 0.15) is 0 Å². The molecule has 0 aromatic rings. The first-order valence-electron chi connectivity index (χ1n) is 2.81. The summed E-state index contributed by atoms with van der Waals surface area (Å²) in [5.74, 6) is 0. The third kappa shape index (κ3) is 3.92. The van der Waals surface area contributed by atoms with Crippen molar-refractivity contribution in [2.75, 3.05) is 17.7 Å². The third-order valence-electron chi connectivity index (χ3n) is 0.820. The summed E-state index contributed by atoms with van der Waals surface area (Å²) in [5, 5.41) is -0.275. The van der Waals surface area contributed by atoms with Crippen LogP contribution < -0.4 is 0 Å². The van der Waals surface area contributed by atoms with Crippen LogP contribution in [0.2, 0.25) is 0 Å². The van der Waals surface area contributed by atoms with Crippen molar-refractivity contribution in [3.05, 3.63) is 0 Å². The Morgan fingerprint density at radius 1 is 1.31 bits per heavy atom. The first-order valence-corrected chi connectivity index (χ1v) is 7.30. The van der Waals surface area contributed by atoms with Gasteiger partial charge in [0.25, 0.3) is 0 Å². The molecule has 9 heteroatoms. The van der Waals surface area contributed by atoms with Crippen LogP contribution in [0.15, 0.2) is 0 Å². The summed E-state index contributed by atoms with van der Waals surface area (Å²) in [6.07, 6.45) is 2.45. The summed E-state index contributed by atoms with van der Waals surface area (Å²) in [6.45, 7) is 0. The molecule has 0 fully saturated rings. The molecule has 0 N–H and O–H groups in total. The Bertz CT molecular complexity index is 271. The van der Waals surface area contributed by atoms with Crippen molar-refractivity contribution in [3.63, 3.8) is 0 Å². The Morgan fingerprint density at radius 3 is 1.92 bits per heavy atom. The second-order valence-electron chi connectivity index (χ2n) is 2.51. The van der Waals surface area contributed by atoms with Crippen molar-refractivity contribution in [2.45, 2.75) is 5.51 Å². The van der Waals surface area contributed by atoms with E-state index in [0.29, 0.717) is 0 Å². The average molecular weight is 261 g/mol. The minimum Gasteiger partial charge on any atom is -0.212 e. The fraction of sp³-hybridized carbons (Fsp3) is 1.00. The van der Waals surface area contributed by atoms with Crippen LogP contribution in [0.4, 0.5) is 13.2 Å². The van der Waals surface area contributed by atoms with Gasteiger partial charge in [0, 0.05) is 0 Å². The second-order valence-corrected chi connectivity index (χ2v) is 8.18. The SMILES string of the molecule is CS(C)(CCl)OS(=O)(=O)C(F)(F)F. The normalized spacial score (nSPS) is 15.8. The number of hydrogen-bond acceptors (Lipinski definition) is 3. The second kappa shape index (κ2) is 3.84. The van der Waals surface area contributed by atoms with Crippen LogP contribution in [0.3, 0.4) is 0 Å². The molecular weight excluding hydrogens is 253 g/mol. The summed E-state index contributed by atoms with van der Waals surface area (Å²) in [6, 6.07) is 0. The fourth-order valence-corrected chi connectivity index (χ4v) is 3.02. The summed E-state index contributed by atoms with van der Waals surface area (Å²) in [4.78, 5) is 0. The summed E-state index contributed by atoms with van der Waals surface area (Å²) in [5.41, 5.74) is -5.39. The molecule has 0 aliphatic heterocycles. The molecule has 0 unspecified atom stereocenters. The molecule has 0 rings (SSSR count). The molecule has 0 saturated carbocycles. The molecule has 0 amide bonds. The molecule has 82 valence electrons. The van der Waals surface area contributed by atoms with Crippen LogP contribution in [0.25, 0.3) is 0 Å². The lowest BCUT2D eigenvalue weighted by Crippen LogP contribution is -2.26. The van der Waals surface area contributed by atoms with Gasteiger partial charge in [-0.25, -0.2) is 3.63 Å². The van der Waals surface area contributed by atoms with Gasteiger partial charge in [-0.15, -0.1) is 21.9 Å². The highest BCUT2D eigenvalue weighted by Gasteiger charge is 2.49. The molecule has 0 radical (unpaired) electrons. The van der Waals surface area contributed by atoms with Crippen LogP contribution in [-0.4, -0.2) is 31.6 Å². The standard InChI is InChI=1S/C4H8ClF3O3S2/c1-12(2,3-5)11-13(9,10)4(6,7)8/h3H2,1-2H3. The van der Waals surface area contributed by atoms with Crippen molar-refractivity contribution in [1.29, 1.82) is 0 Å². The fourth-order valence-electron chi connectivity index (χ4n) is 0.299. The lowest BCUT2D eigenvalue weighted by Gasteiger charge is -2.26. The Morgan fingerprint density at radius 2 is 1.69 bits per heavy atom. The van der Waals surface area contributed by atoms with Crippen molar-refractivity contribution < 1.29 is 25.2 Å². The Hall–Kier alpha value is 0.340. The van der Waals surface area contributed by atoms with Gasteiger partial charge in [0.05, 0.1) is 5.21 Å². The van der Waals surface area contributed by atoms with E-state index in [2.05, 4.69) is 3.63 Å². The first kappa shape index (κ1) is 13.3. The smallest absolute Gasteiger partial charge is 0.212 e. The van der Waals surface area contributed by atoms with Gasteiger partial charge in [-0.2, -0.15) is 21.6 Å². The zero-order valence-corrected chi connectivity index (χ0v) is 9.15. The largest absolute Gasteiger partial charge is 0.523 e. The quantitative estimate of drug-likeness (QED) is 0.576. The molecule has 0 saturated heterocycles.